The van der Waals surface area contributed by atoms with Crippen molar-refractivity contribution in [2.75, 3.05) is 23.8 Å². The fourth-order valence-electron chi connectivity index (χ4n) is 2.10. The van der Waals surface area contributed by atoms with Gasteiger partial charge in [-0.25, -0.2) is 0 Å². The van der Waals surface area contributed by atoms with Crippen molar-refractivity contribution < 1.29 is 18.0 Å². The molecule has 1 aromatic heterocycles. The number of amides is 1. The molecule has 1 amide bonds. The van der Waals surface area contributed by atoms with E-state index in [1.54, 1.807) is 12.1 Å². The molecule has 0 bridgehead atoms. The molecule has 1 N–H and O–H groups in total. The van der Waals surface area contributed by atoms with Gasteiger partial charge in [0.1, 0.15) is 0 Å². The zero-order valence-corrected chi connectivity index (χ0v) is 14.0. The van der Waals surface area contributed by atoms with E-state index in [0.29, 0.717) is 5.82 Å². The van der Waals surface area contributed by atoms with Gasteiger partial charge in [-0.2, -0.15) is 13.2 Å². The van der Waals surface area contributed by atoms with E-state index >= 15 is 0 Å². The number of unbranched alkanes of at least 4 members (excludes halogenated alkanes) is 1. The number of halogens is 3. The first-order valence-electron chi connectivity index (χ1n) is 7.84. The summed E-state index contributed by atoms with van der Waals surface area (Å²) in [6.45, 7) is 2.95. The van der Waals surface area contributed by atoms with E-state index in [2.05, 4.69) is 22.4 Å². The van der Waals surface area contributed by atoms with Crippen LogP contribution in [0.2, 0.25) is 0 Å². The van der Waals surface area contributed by atoms with Gasteiger partial charge in [0.25, 0.3) is 5.91 Å². The molecule has 0 radical (unpaired) electrons. The number of carbonyl (C=O) groups is 1. The molecule has 1 aromatic carbocycles. The Labute approximate surface area is 143 Å². The summed E-state index contributed by atoms with van der Waals surface area (Å²) in [5.74, 6) is 0.369. The summed E-state index contributed by atoms with van der Waals surface area (Å²) in [5, 5.41) is 10.5. The Morgan fingerprint density at radius 2 is 1.80 bits per heavy atom. The quantitative estimate of drug-likeness (QED) is 0.854. The molecular formula is C17H19F3N4O. The van der Waals surface area contributed by atoms with Gasteiger partial charge >= 0.3 is 6.18 Å². The van der Waals surface area contributed by atoms with Crippen LogP contribution in [0.4, 0.5) is 24.8 Å². The monoisotopic (exact) mass is 352 g/mol. The van der Waals surface area contributed by atoms with Crippen LogP contribution < -0.4 is 10.2 Å². The minimum atomic E-state index is -4.43. The summed E-state index contributed by atoms with van der Waals surface area (Å²) < 4.78 is 37.6. The second-order valence-electron chi connectivity index (χ2n) is 5.58. The molecule has 0 spiro atoms. The van der Waals surface area contributed by atoms with Crippen molar-refractivity contribution in [2.45, 2.75) is 25.9 Å². The number of aromatic nitrogens is 2. The first-order valence-corrected chi connectivity index (χ1v) is 7.84. The van der Waals surface area contributed by atoms with Gasteiger partial charge in [0, 0.05) is 19.2 Å². The van der Waals surface area contributed by atoms with Crippen LogP contribution in [0.5, 0.6) is 0 Å². The Morgan fingerprint density at radius 1 is 1.12 bits per heavy atom. The number of hydrogen-bond acceptors (Lipinski definition) is 4. The molecule has 2 rings (SSSR count). The van der Waals surface area contributed by atoms with E-state index in [-0.39, 0.29) is 11.4 Å². The minimum absolute atomic E-state index is 0.110. The zero-order valence-electron chi connectivity index (χ0n) is 14.0. The van der Waals surface area contributed by atoms with E-state index in [0.717, 1.165) is 43.7 Å². The summed E-state index contributed by atoms with van der Waals surface area (Å²) >= 11 is 0. The number of rotatable bonds is 6. The molecule has 134 valence electrons. The molecule has 0 fully saturated rings. The number of alkyl halides is 3. The fraction of sp³-hybridized carbons (Fsp3) is 0.353. The molecule has 0 saturated carbocycles. The molecular weight excluding hydrogens is 333 g/mol. The SMILES string of the molecule is CCCCN(C)c1ccc(NC(=O)c2ccc(C(F)(F)F)cc2)nn1. The second-order valence-corrected chi connectivity index (χ2v) is 5.58. The van der Waals surface area contributed by atoms with E-state index in [4.69, 9.17) is 0 Å². The molecule has 0 unspecified atom stereocenters. The van der Waals surface area contributed by atoms with Gasteiger partial charge in [0.15, 0.2) is 11.6 Å². The summed E-state index contributed by atoms with van der Waals surface area (Å²) in [6, 6.07) is 7.31. The average Bonchev–Trinajstić information content (AvgIpc) is 2.59. The van der Waals surface area contributed by atoms with E-state index < -0.39 is 17.6 Å². The molecule has 25 heavy (non-hydrogen) atoms. The van der Waals surface area contributed by atoms with Crippen LogP contribution in [0.15, 0.2) is 36.4 Å². The van der Waals surface area contributed by atoms with Crippen LogP contribution in [-0.4, -0.2) is 29.7 Å². The second kappa shape index (κ2) is 7.96. The molecule has 1 heterocycles. The van der Waals surface area contributed by atoms with Gasteiger partial charge in [-0.3, -0.25) is 4.79 Å². The van der Waals surface area contributed by atoms with Crippen LogP contribution in [0.3, 0.4) is 0 Å². The third-order valence-corrected chi connectivity index (χ3v) is 3.60. The summed E-state index contributed by atoms with van der Waals surface area (Å²) in [4.78, 5) is 14.0. The lowest BCUT2D eigenvalue weighted by Gasteiger charge is -2.17. The smallest absolute Gasteiger partial charge is 0.358 e. The molecule has 0 aliphatic carbocycles. The number of carbonyl (C=O) groups excluding carboxylic acids is 1. The van der Waals surface area contributed by atoms with Gasteiger partial charge in [-0.1, -0.05) is 13.3 Å². The van der Waals surface area contributed by atoms with E-state index in [1.807, 2.05) is 11.9 Å². The lowest BCUT2D eigenvalue weighted by molar-refractivity contribution is -0.137. The number of nitrogens with one attached hydrogen (secondary N) is 1. The highest BCUT2D eigenvalue weighted by molar-refractivity contribution is 6.03. The highest BCUT2D eigenvalue weighted by Gasteiger charge is 2.30. The molecule has 0 aliphatic rings. The van der Waals surface area contributed by atoms with Crippen molar-refractivity contribution in [3.63, 3.8) is 0 Å². The maximum atomic E-state index is 12.5. The third-order valence-electron chi connectivity index (χ3n) is 3.60. The van der Waals surface area contributed by atoms with Gasteiger partial charge in [-0.15, -0.1) is 10.2 Å². The maximum Gasteiger partial charge on any atom is 0.416 e. The summed E-state index contributed by atoms with van der Waals surface area (Å²) in [5.41, 5.74) is -0.692. The van der Waals surface area contributed by atoms with Crippen LogP contribution in [0, 0.1) is 0 Å². The van der Waals surface area contributed by atoms with Crippen molar-refractivity contribution in [1.82, 2.24) is 10.2 Å². The first-order chi connectivity index (χ1) is 11.8. The number of nitrogens with zero attached hydrogens (tertiary/aromatic N) is 3. The lowest BCUT2D eigenvalue weighted by Crippen LogP contribution is -2.20. The van der Waals surface area contributed by atoms with Crippen molar-refractivity contribution >= 4 is 17.5 Å². The Kier molecular flexibility index (Phi) is 5.95. The Balaban J connectivity index is 2.00. The zero-order chi connectivity index (χ0) is 18.4. The highest BCUT2D eigenvalue weighted by atomic mass is 19.4. The van der Waals surface area contributed by atoms with Gasteiger partial charge < -0.3 is 10.2 Å². The molecule has 0 aliphatic heterocycles. The standard InChI is InChI=1S/C17H19F3N4O/c1-3-4-11-24(2)15-10-9-14(22-23-15)21-16(25)12-5-7-13(8-6-12)17(18,19)20/h5-10H,3-4,11H2,1-2H3,(H,21,22,25). The molecule has 0 saturated heterocycles. The summed E-state index contributed by atoms with van der Waals surface area (Å²) in [7, 11) is 1.90. The molecule has 0 atom stereocenters. The van der Waals surface area contributed by atoms with Crippen LogP contribution in [0.25, 0.3) is 0 Å². The number of benzene rings is 1. The average molecular weight is 352 g/mol. The number of anilines is 2. The Morgan fingerprint density at radius 3 is 2.32 bits per heavy atom. The predicted molar refractivity (Wildman–Crippen MR) is 89.6 cm³/mol. The van der Waals surface area contributed by atoms with Gasteiger partial charge in [0.2, 0.25) is 0 Å². The van der Waals surface area contributed by atoms with E-state index in [1.165, 1.54) is 0 Å². The van der Waals surface area contributed by atoms with Crippen molar-refractivity contribution in [2.24, 2.45) is 0 Å². The molecule has 2 aromatic rings. The number of hydrogen-bond donors (Lipinski definition) is 1. The van der Waals surface area contributed by atoms with Crippen LogP contribution >= 0.6 is 0 Å². The van der Waals surface area contributed by atoms with Crippen LogP contribution in [-0.2, 0) is 6.18 Å². The Bertz CT molecular complexity index is 699. The summed E-state index contributed by atoms with van der Waals surface area (Å²) in [6.07, 6.45) is -2.33. The topological polar surface area (TPSA) is 58.1 Å². The van der Waals surface area contributed by atoms with Gasteiger partial charge in [-0.05, 0) is 42.8 Å². The minimum Gasteiger partial charge on any atom is -0.358 e. The lowest BCUT2D eigenvalue weighted by atomic mass is 10.1. The molecule has 5 nitrogen and oxygen atoms in total. The fourth-order valence-corrected chi connectivity index (χ4v) is 2.10. The van der Waals surface area contributed by atoms with Gasteiger partial charge in [0.05, 0.1) is 5.56 Å². The predicted octanol–water partition coefficient (Wildman–Crippen LogP) is 3.98. The highest BCUT2D eigenvalue weighted by Crippen LogP contribution is 2.29. The molecule has 8 heteroatoms. The van der Waals surface area contributed by atoms with E-state index in [9.17, 15) is 18.0 Å². The normalized spacial score (nSPS) is 11.2. The van der Waals surface area contributed by atoms with Crippen molar-refractivity contribution in [3.05, 3.63) is 47.5 Å². The van der Waals surface area contributed by atoms with Crippen LogP contribution in [0.1, 0.15) is 35.7 Å². The van der Waals surface area contributed by atoms with Crippen molar-refractivity contribution in [1.29, 1.82) is 0 Å². The Hall–Kier alpha value is -2.64. The largest absolute Gasteiger partial charge is 0.416 e. The maximum absolute atomic E-state index is 12.5. The third kappa shape index (κ3) is 5.17. The first kappa shape index (κ1) is 18.7. The van der Waals surface area contributed by atoms with Crippen molar-refractivity contribution in [3.8, 4) is 0 Å².